The van der Waals surface area contributed by atoms with E-state index in [9.17, 15) is 13.6 Å². The van der Waals surface area contributed by atoms with E-state index in [2.05, 4.69) is 9.72 Å². The molecular formula is C10H7ClF2N2O2. The molecule has 0 bridgehead atoms. The van der Waals surface area contributed by atoms with Gasteiger partial charge in [0.1, 0.15) is 6.07 Å². The van der Waals surface area contributed by atoms with Crippen LogP contribution in [0.2, 0.25) is 5.02 Å². The number of carbonyl (C=O) groups is 1. The highest BCUT2D eigenvalue weighted by atomic mass is 35.5. The largest absolute Gasteiger partial charge is 0.461 e. The number of alkyl halides is 2. The van der Waals surface area contributed by atoms with Crippen molar-refractivity contribution in [2.45, 2.75) is 13.3 Å². The number of nitrogens with zero attached hydrogens (tertiary/aromatic N) is 2. The maximum absolute atomic E-state index is 12.7. The molecule has 0 aliphatic carbocycles. The third-order valence-electron chi connectivity index (χ3n) is 1.86. The Labute approximate surface area is 101 Å². The second kappa shape index (κ2) is 5.55. The molecule has 0 atom stereocenters. The van der Waals surface area contributed by atoms with Gasteiger partial charge < -0.3 is 4.74 Å². The van der Waals surface area contributed by atoms with Crippen LogP contribution in [0.3, 0.4) is 0 Å². The minimum atomic E-state index is -2.96. The summed E-state index contributed by atoms with van der Waals surface area (Å²) in [5.41, 5.74) is -1.48. The topological polar surface area (TPSA) is 63.0 Å². The predicted octanol–water partition coefficient (Wildman–Crippen LogP) is 2.72. The van der Waals surface area contributed by atoms with Gasteiger partial charge in [0.05, 0.1) is 22.8 Å². The molecule has 0 unspecified atom stereocenters. The van der Waals surface area contributed by atoms with E-state index < -0.39 is 28.7 Å². The average Bonchev–Trinajstić information content (AvgIpc) is 2.27. The maximum Gasteiger partial charge on any atom is 0.358 e. The molecule has 7 heteroatoms. The highest BCUT2D eigenvalue weighted by Crippen LogP contribution is 2.31. The number of pyridine rings is 1. The Morgan fingerprint density at radius 3 is 2.82 bits per heavy atom. The summed E-state index contributed by atoms with van der Waals surface area (Å²) in [6.45, 7) is 1.63. The zero-order chi connectivity index (χ0) is 13.0. The lowest BCUT2D eigenvalue weighted by Crippen LogP contribution is -2.10. The minimum absolute atomic E-state index is 0.0703. The van der Waals surface area contributed by atoms with E-state index in [1.165, 1.54) is 6.07 Å². The van der Waals surface area contributed by atoms with Crippen molar-refractivity contribution < 1.29 is 18.3 Å². The first kappa shape index (κ1) is 13.3. The molecule has 1 aromatic rings. The first-order valence-electron chi connectivity index (χ1n) is 4.56. The van der Waals surface area contributed by atoms with Crippen LogP contribution in [0.4, 0.5) is 8.78 Å². The lowest BCUT2D eigenvalue weighted by Gasteiger charge is -2.08. The summed E-state index contributed by atoms with van der Waals surface area (Å²) in [4.78, 5) is 14.9. The molecule has 1 aromatic heterocycles. The molecule has 1 heterocycles. The molecule has 0 aromatic carbocycles. The smallest absolute Gasteiger partial charge is 0.358 e. The summed E-state index contributed by atoms with van der Waals surface area (Å²) in [6.07, 6.45) is -2.09. The summed E-state index contributed by atoms with van der Waals surface area (Å²) in [6, 6.07) is 1.54. The van der Waals surface area contributed by atoms with E-state index in [1.807, 2.05) is 0 Å². The fourth-order valence-corrected chi connectivity index (χ4v) is 1.46. The summed E-state index contributed by atoms with van der Waals surface area (Å²) in [5.74, 6) is -0.899. The molecule has 4 nitrogen and oxygen atoms in total. The summed E-state index contributed by atoms with van der Waals surface area (Å²) < 4.78 is 30.0. The van der Waals surface area contributed by atoms with Crippen molar-refractivity contribution in [3.63, 3.8) is 0 Å². The Hall–Kier alpha value is -1.74. The Bertz CT molecular complexity index is 486. The Kier molecular flexibility index (Phi) is 4.35. The van der Waals surface area contributed by atoms with Crippen LogP contribution in [0, 0.1) is 11.3 Å². The second-order valence-corrected chi connectivity index (χ2v) is 3.26. The number of carbonyl (C=O) groups excluding carboxylic acids is 1. The third kappa shape index (κ3) is 2.68. The van der Waals surface area contributed by atoms with E-state index in [0.29, 0.717) is 0 Å². The molecule has 0 aliphatic heterocycles. The van der Waals surface area contributed by atoms with Gasteiger partial charge in [-0.15, -0.1) is 0 Å². The van der Waals surface area contributed by atoms with Crippen molar-refractivity contribution in [2.75, 3.05) is 6.61 Å². The van der Waals surface area contributed by atoms with Crippen LogP contribution < -0.4 is 0 Å². The zero-order valence-electron chi connectivity index (χ0n) is 8.71. The Morgan fingerprint density at radius 2 is 2.35 bits per heavy atom. The molecular weight excluding hydrogens is 254 g/mol. The quantitative estimate of drug-likeness (QED) is 0.784. The molecule has 0 saturated carbocycles. The van der Waals surface area contributed by atoms with Gasteiger partial charge in [-0.1, -0.05) is 11.6 Å². The molecule has 0 aliphatic rings. The molecule has 0 spiro atoms. The van der Waals surface area contributed by atoms with Crippen LogP contribution in [0.15, 0.2) is 6.20 Å². The third-order valence-corrected chi connectivity index (χ3v) is 2.25. The van der Waals surface area contributed by atoms with Gasteiger partial charge in [0.2, 0.25) is 0 Å². The van der Waals surface area contributed by atoms with Crippen molar-refractivity contribution in [3.05, 3.63) is 28.0 Å². The fourth-order valence-electron chi connectivity index (χ4n) is 1.15. The Morgan fingerprint density at radius 1 is 1.71 bits per heavy atom. The van der Waals surface area contributed by atoms with Crippen molar-refractivity contribution in [3.8, 4) is 6.07 Å². The van der Waals surface area contributed by atoms with E-state index in [0.717, 1.165) is 6.20 Å². The molecule has 0 N–H and O–H groups in total. The van der Waals surface area contributed by atoms with Crippen LogP contribution in [-0.2, 0) is 4.74 Å². The first-order valence-corrected chi connectivity index (χ1v) is 4.94. The number of hydrogen-bond acceptors (Lipinski definition) is 4. The van der Waals surface area contributed by atoms with E-state index in [4.69, 9.17) is 16.9 Å². The molecule has 0 saturated heterocycles. The summed E-state index contributed by atoms with van der Waals surface area (Å²) in [7, 11) is 0. The van der Waals surface area contributed by atoms with Gasteiger partial charge in [0, 0.05) is 6.20 Å². The molecule has 0 amide bonds. The summed E-state index contributed by atoms with van der Waals surface area (Å²) in [5, 5.41) is 8.08. The van der Waals surface area contributed by atoms with Gasteiger partial charge in [0.15, 0.2) is 5.69 Å². The molecule has 17 heavy (non-hydrogen) atoms. The molecule has 1 rings (SSSR count). The second-order valence-electron chi connectivity index (χ2n) is 2.88. The van der Waals surface area contributed by atoms with Crippen LogP contribution >= 0.6 is 11.6 Å². The number of rotatable bonds is 3. The number of ether oxygens (including phenoxy) is 1. The monoisotopic (exact) mass is 260 g/mol. The van der Waals surface area contributed by atoms with Gasteiger partial charge >= 0.3 is 5.97 Å². The van der Waals surface area contributed by atoms with Gasteiger partial charge in [-0.2, -0.15) is 5.26 Å². The lowest BCUT2D eigenvalue weighted by atomic mass is 10.1. The predicted molar refractivity (Wildman–Crippen MR) is 54.9 cm³/mol. The standard InChI is InChI=1S/C10H7ClF2N2O2/c1-2-17-10(16)8-7(11)6(9(12)13)5(3-14)4-15-8/h4,9H,2H2,1H3. The van der Waals surface area contributed by atoms with Crippen molar-refractivity contribution in [1.82, 2.24) is 4.98 Å². The van der Waals surface area contributed by atoms with Gasteiger partial charge in [-0.3, -0.25) is 0 Å². The van der Waals surface area contributed by atoms with Crippen molar-refractivity contribution in [1.29, 1.82) is 5.26 Å². The number of hydrogen-bond donors (Lipinski definition) is 0. The number of aromatic nitrogens is 1. The van der Waals surface area contributed by atoms with Gasteiger partial charge in [0.25, 0.3) is 6.43 Å². The van der Waals surface area contributed by atoms with Crippen LogP contribution in [0.5, 0.6) is 0 Å². The normalized spacial score (nSPS) is 10.1. The molecule has 0 fully saturated rings. The van der Waals surface area contributed by atoms with Gasteiger partial charge in [-0.05, 0) is 6.92 Å². The molecule has 90 valence electrons. The minimum Gasteiger partial charge on any atom is -0.461 e. The number of nitriles is 1. The van der Waals surface area contributed by atoms with Gasteiger partial charge in [-0.25, -0.2) is 18.6 Å². The van der Waals surface area contributed by atoms with Crippen molar-refractivity contribution in [2.24, 2.45) is 0 Å². The number of halogens is 3. The van der Waals surface area contributed by atoms with Crippen LogP contribution in [0.1, 0.15) is 35.0 Å². The average molecular weight is 261 g/mol. The lowest BCUT2D eigenvalue weighted by molar-refractivity contribution is 0.0519. The van der Waals surface area contributed by atoms with E-state index >= 15 is 0 Å². The fraction of sp³-hybridized carbons (Fsp3) is 0.300. The van der Waals surface area contributed by atoms with E-state index in [1.54, 1.807) is 6.92 Å². The first-order chi connectivity index (χ1) is 8.02. The summed E-state index contributed by atoms with van der Waals surface area (Å²) >= 11 is 5.62. The zero-order valence-corrected chi connectivity index (χ0v) is 9.46. The molecule has 0 radical (unpaired) electrons. The van der Waals surface area contributed by atoms with Crippen LogP contribution in [0.25, 0.3) is 0 Å². The highest BCUT2D eigenvalue weighted by molar-refractivity contribution is 6.34. The Balaban J connectivity index is 3.34. The SMILES string of the molecule is CCOC(=O)c1ncc(C#N)c(C(F)F)c1Cl. The van der Waals surface area contributed by atoms with E-state index in [-0.39, 0.29) is 12.2 Å². The van der Waals surface area contributed by atoms with Crippen molar-refractivity contribution >= 4 is 17.6 Å². The van der Waals surface area contributed by atoms with Crippen LogP contribution in [-0.4, -0.2) is 17.6 Å². The highest BCUT2D eigenvalue weighted by Gasteiger charge is 2.24. The number of esters is 1. The maximum atomic E-state index is 12.7.